The summed E-state index contributed by atoms with van der Waals surface area (Å²) in [7, 11) is 1.82. The third-order valence-corrected chi connectivity index (χ3v) is 4.54. The van der Waals surface area contributed by atoms with Crippen molar-refractivity contribution in [3.8, 4) is 0 Å². The highest BCUT2D eigenvalue weighted by Crippen LogP contribution is 2.25. The number of hydrogen-bond acceptors (Lipinski definition) is 4. The molecule has 146 valence electrons. The fourth-order valence-corrected chi connectivity index (χ4v) is 3.14. The van der Waals surface area contributed by atoms with Crippen molar-refractivity contribution in [1.29, 1.82) is 0 Å². The van der Waals surface area contributed by atoms with Crippen LogP contribution in [0.3, 0.4) is 0 Å². The first-order chi connectivity index (χ1) is 13.3. The molecule has 1 aromatic carbocycles. The highest BCUT2D eigenvalue weighted by atomic mass is 16.2. The van der Waals surface area contributed by atoms with Gasteiger partial charge in [-0.25, -0.2) is 4.98 Å². The van der Waals surface area contributed by atoms with Crippen LogP contribution in [-0.4, -0.2) is 33.1 Å². The number of aryl methyl sites for hydroxylation is 2. The van der Waals surface area contributed by atoms with Gasteiger partial charge in [0, 0.05) is 30.5 Å². The summed E-state index contributed by atoms with van der Waals surface area (Å²) in [6, 6.07) is 8.72. The van der Waals surface area contributed by atoms with Crippen LogP contribution in [-0.2, 0) is 7.05 Å². The zero-order valence-corrected chi connectivity index (χ0v) is 16.8. The number of nitrogens with zero attached hydrogens (tertiary/aromatic N) is 3. The van der Waals surface area contributed by atoms with Gasteiger partial charge in [0.1, 0.15) is 0 Å². The summed E-state index contributed by atoms with van der Waals surface area (Å²) in [5, 5.41) is 10.8. The molecule has 3 aromatic rings. The number of carbonyl (C=O) groups is 2. The van der Waals surface area contributed by atoms with Crippen molar-refractivity contribution in [2.45, 2.75) is 33.6 Å². The minimum Gasteiger partial charge on any atom is -0.352 e. The topological polar surface area (TPSA) is 88.9 Å². The van der Waals surface area contributed by atoms with E-state index < -0.39 is 0 Å². The molecule has 0 saturated carbocycles. The monoisotopic (exact) mass is 379 g/mol. The molecule has 7 heteroatoms. The Morgan fingerprint density at radius 2 is 1.93 bits per heavy atom. The molecule has 3 rings (SSSR count). The number of anilines is 1. The number of hydrogen-bond donors (Lipinski definition) is 2. The van der Waals surface area contributed by atoms with Crippen LogP contribution < -0.4 is 10.6 Å². The van der Waals surface area contributed by atoms with Crippen LogP contribution in [0.15, 0.2) is 30.3 Å². The molecular weight excluding hydrogens is 354 g/mol. The van der Waals surface area contributed by atoms with Crippen LogP contribution in [0, 0.1) is 6.92 Å². The molecule has 0 aliphatic rings. The first kappa shape index (κ1) is 19.5. The van der Waals surface area contributed by atoms with Gasteiger partial charge in [0.2, 0.25) is 0 Å². The fraction of sp³-hybridized carbons (Fsp3) is 0.333. The number of aromatic nitrogens is 3. The second-order valence-corrected chi connectivity index (χ2v) is 7.05. The smallest absolute Gasteiger partial charge is 0.256 e. The minimum atomic E-state index is -0.251. The quantitative estimate of drug-likeness (QED) is 0.711. The van der Waals surface area contributed by atoms with Gasteiger partial charge in [-0.05, 0) is 44.0 Å². The van der Waals surface area contributed by atoms with E-state index in [-0.39, 0.29) is 17.7 Å². The zero-order valence-electron chi connectivity index (χ0n) is 16.8. The van der Waals surface area contributed by atoms with Crippen LogP contribution in [0.25, 0.3) is 11.0 Å². The molecular formula is C21H25N5O2. The van der Waals surface area contributed by atoms with Gasteiger partial charge in [-0.15, -0.1) is 0 Å². The Morgan fingerprint density at radius 1 is 1.18 bits per heavy atom. The van der Waals surface area contributed by atoms with Gasteiger partial charge in [0.15, 0.2) is 5.65 Å². The highest BCUT2D eigenvalue weighted by molar-refractivity contribution is 6.13. The summed E-state index contributed by atoms with van der Waals surface area (Å²) < 4.78 is 1.70. The van der Waals surface area contributed by atoms with Crippen molar-refractivity contribution in [3.05, 3.63) is 52.8 Å². The molecule has 0 radical (unpaired) electrons. The fourth-order valence-electron chi connectivity index (χ4n) is 3.14. The lowest BCUT2D eigenvalue weighted by atomic mass is 10.0. The predicted molar refractivity (Wildman–Crippen MR) is 110 cm³/mol. The Kier molecular flexibility index (Phi) is 5.44. The average molecular weight is 379 g/mol. The number of benzene rings is 1. The summed E-state index contributed by atoms with van der Waals surface area (Å²) in [6.45, 7) is 8.35. The van der Waals surface area contributed by atoms with E-state index in [1.165, 1.54) is 0 Å². The highest BCUT2D eigenvalue weighted by Gasteiger charge is 2.20. The van der Waals surface area contributed by atoms with E-state index >= 15 is 0 Å². The predicted octanol–water partition coefficient (Wildman–Crippen LogP) is 3.40. The average Bonchev–Trinajstić information content (AvgIpc) is 2.95. The lowest BCUT2D eigenvalue weighted by Gasteiger charge is -2.11. The summed E-state index contributed by atoms with van der Waals surface area (Å²) in [6.07, 6.45) is 0. The molecule has 0 atom stereocenters. The first-order valence-electron chi connectivity index (χ1n) is 9.35. The Bertz CT molecular complexity index is 1050. The second kappa shape index (κ2) is 7.80. The Hall–Kier alpha value is -3.22. The van der Waals surface area contributed by atoms with E-state index in [9.17, 15) is 9.59 Å². The van der Waals surface area contributed by atoms with E-state index in [0.29, 0.717) is 29.0 Å². The number of nitrogens with one attached hydrogen (secondary N) is 2. The molecule has 0 spiro atoms. The Morgan fingerprint density at radius 3 is 2.61 bits per heavy atom. The summed E-state index contributed by atoms with van der Waals surface area (Å²) in [5.74, 6) is -0.249. The second-order valence-electron chi connectivity index (χ2n) is 7.05. The SMILES string of the molecule is CCNC(=O)c1cccc(NC(=O)c2cc(C(C)C)nc3c2c(C)nn3C)c1. The summed E-state index contributed by atoms with van der Waals surface area (Å²) in [5.41, 5.74) is 3.86. The molecule has 2 heterocycles. The van der Waals surface area contributed by atoms with E-state index in [1.807, 2.05) is 40.8 Å². The van der Waals surface area contributed by atoms with E-state index in [4.69, 9.17) is 0 Å². The Balaban J connectivity index is 2.00. The van der Waals surface area contributed by atoms with Gasteiger partial charge >= 0.3 is 0 Å². The van der Waals surface area contributed by atoms with E-state index in [0.717, 1.165) is 16.8 Å². The molecule has 0 aliphatic heterocycles. The lowest BCUT2D eigenvalue weighted by Crippen LogP contribution is -2.22. The minimum absolute atomic E-state index is 0.171. The molecule has 2 amide bonds. The molecule has 2 aromatic heterocycles. The third-order valence-electron chi connectivity index (χ3n) is 4.54. The molecule has 0 aliphatic carbocycles. The number of amides is 2. The first-order valence-corrected chi connectivity index (χ1v) is 9.35. The van der Waals surface area contributed by atoms with Crippen LogP contribution in [0.5, 0.6) is 0 Å². The van der Waals surface area contributed by atoms with Crippen molar-refractivity contribution in [1.82, 2.24) is 20.1 Å². The van der Waals surface area contributed by atoms with Gasteiger partial charge in [0.05, 0.1) is 16.6 Å². The number of carbonyl (C=O) groups excluding carboxylic acids is 2. The third kappa shape index (κ3) is 3.74. The van der Waals surface area contributed by atoms with E-state index in [2.05, 4.69) is 20.7 Å². The largest absolute Gasteiger partial charge is 0.352 e. The number of fused-ring (bicyclic) bond motifs is 1. The van der Waals surface area contributed by atoms with Crippen molar-refractivity contribution in [2.24, 2.45) is 7.05 Å². The zero-order chi connectivity index (χ0) is 20.4. The summed E-state index contributed by atoms with van der Waals surface area (Å²) in [4.78, 5) is 29.8. The van der Waals surface area contributed by atoms with Crippen molar-refractivity contribution < 1.29 is 9.59 Å². The molecule has 0 unspecified atom stereocenters. The molecule has 0 saturated heterocycles. The maximum absolute atomic E-state index is 13.1. The number of rotatable bonds is 5. The normalized spacial score (nSPS) is 11.1. The van der Waals surface area contributed by atoms with Crippen LogP contribution in [0.4, 0.5) is 5.69 Å². The maximum Gasteiger partial charge on any atom is 0.256 e. The molecule has 2 N–H and O–H groups in total. The van der Waals surface area contributed by atoms with Gasteiger partial charge in [0.25, 0.3) is 11.8 Å². The Labute approximate surface area is 164 Å². The van der Waals surface area contributed by atoms with Crippen LogP contribution >= 0.6 is 0 Å². The molecule has 0 bridgehead atoms. The van der Waals surface area contributed by atoms with Crippen LogP contribution in [0.1, 0.15) is 58.8 Å². The van der Waals surface area contributed by atoms with Crippen molar-refractivity contribution >= 4 is 28.5 Å². The standard InChI is InChI=1S/C21H25N5O2/c1-6-22-20(27)14-8-7-9-15(10-14)23-21(28)16-11-17(12(2)3)24-19-18(16)13(4)25-26(19)5/h7-12H,6H2,1-5H3,(H,22,27)(H,23,28). The van der Waals surface area contributed by atoms with Gasteiger partial charge < -0.3 is 10.6 Å². The van der Waals surface area contributed by atoms with Gasteiger partial charge in [-0.1, -0.05) is 19.9 Å². The summed E-state index contributed by atoms with van der Waals surface area (Å²) >= 11 is 0. The lowest BCUT2D eigenvalue weighted by molar-refractivity contribution is 0.0954. The number of pyridine rings is 1. The molecule has 28 heavy (non-hydrogen) atoms. The van der Waals surface area contributed by atoms with E-state index in [1.54, 1.807) is 28.9 Å². The van der Waals surface area contributed by atoms with Gasteiger partial charge in [-0.3, -0.25) is 14.3 Å². The van der Waals surface area contributed by atoms with Gasteiger partial charge in [-0.2, -0.15) is 5.10 Å². The van der Waals surface area contributed by atoms with Crippen molar-refractivity contribution in [2.75, 3.05) is 11.9 Å². The maximum atomic E-state index is 13.1. The van der Waals surface area contributed by atoms with Crippen LogP contribution in [0.2, 0.25) is 0 Å². The van der Waals surface area contributed by atoms with Crippen molar-refractivity contribution in [3.63, 3.8) is 0 Å². The molecule has 7 nitrogen and oxygen atoms in total. The molecule has 0 fully saturated rings.